The summed E-state index contributed by atoms with van der Waals surface area (Å²) in [6, 6.07) is 0.469. The lowest BCUT2D eigenvalue weighted by Gasteiger charge is -2.23. The van der Waals surface area contributed by atoms with Gasteiger partial charge < -0.3 is 15.3 Å². The molecule has 0 aliphatic heterocycles. The number of rotatable bonds is 7. The van der Waals surface area contributed by atoms with Crippen molar-refractivity contribution >= 4 is 0 Å². The summed E-state index contributed by atoms with van der Waals surface area (Å²) in [6.07, 6.45) is 0. The van der Waals surface area contributed by atoms with Gasteiger partial charge in [0.15, 0.2) is 0 Å². The molecule has 0 saturated carbocycles. The van der Waals surface area contributed by atoms with E-state index < -0.39 is 0 Å². The van der Waals surface area contributed by atoms with Crippen molar-refractivity contribution in [2.24, 2.45) is 0 Å². The molecule has 0 radical (unpaired) electrons. The van der Waals surface area contributed by atoms with Gasteiger partial charge in [0.05, 0.1) is 6.61 Å². The zero-order valence-electron chi connectivity index (χ0n) is 8.51. The maximum Gasteiger partial charge on any atom is 0.0556 e. The molecule has 0 heterocycles. The summed E-state index contributed by atoms with van der Waals surface area (Å²) < 4.78 is 0. The highest BCUT2D eigenvalue weighted by Crippen LogP contribution is 1.90. The number of nitrogens with zero attached hydrogens (tertiary/aromatic N) is 1. The fourth-order valence-electron chi connectivity index (χ4n) is 1.24. The third-order valence-electron chi connectivity index (χ3n) is 2.03. The molecule has 0 bridgehead atoms. The number of hydrogen-bond donors (Lipinski definition) is 2. The van der Waals surface area contributed by atoms with Gasteiger partial charge in [0, 0.05) is 19.1 Å². The van der Waals surface area contributed by atoms with E-state index in [4.69, 9.17) is 5.11 Å². The van der Waals surface area contributed by atoms with Crippen LogP contribution in [-0.4, -0.2) is 48.8 Å². The Kier molecular flexibility index (Phi) is 7.45. The quantitative estimate of drug-likeness (QED) is 0.582. The van der Waals surface area contributed by atoms with Gasteiger partial charge in [0.2, 0.25) is 0 Å². The zero-order valence-corrected chi connectivity index (χ0v) is 8.51. The van der Waals surface area contributed by atoms with Crippen molar-refractivity contribution < 1.29 is 5.11 Å². The molecule has 0 aliphatic carbocycles. The van der Waals surface area contributed by atoms with Crippen LogP contribution in [-0.2, 0) is 0 Å². The van der Waals surface area contributed by atoms with Crippen LogP contribution in [0.25, 0.3) is 0 Å². The van der Waals surface area contributed by atoms with Crippen molar-refractivity contribution in [2.75, 3.05) is 32.8 Å². The van der Waals surface area contributed by atoms with E-state index in [1.807, 2.05) is 0 Å². The van der Waals surface area contributed by atoms with E-state index in [9.17, 15) is 0 Å². The van der Waals surface area contributed by atoms with Crippen molar-refractivity contribution in [3.05, 3.63) is 0 Å². The van der Waals surface area contributed by atoms with E-state index in [1.165, 1.54) is 0 Å². The Balaban J connectivity index is 3.44. The molecular weight excluding hydrogens is 152 g/mol. The van der Waals surface area contributed by atoms with Crippen LogP contribution in [0, 0.1) is 0 Å². The molecular formula is C9H22N2O. The average molecular weight is 174 g/mol. The zero-order chi connectivity index (χ0) is 9.40. The molecule has 12 heavy (non-hydrogen) atoms. The Hall–Kier alpha value is -0.120. The normalized spacial score (nSPS) is 13.8. The molecule has 0 spiro atoms. The molecule has 3 heteroatoms. The van der Waals surface area contributed by atoms with Gasteiger partial charge in [0.1, 0.15) is 0 Å². The molecule has 0 rings (SSSR count). The van der Waals surface area contributed by atoms with Crippen LogP contribution in [0.3, 0.4) is 0 Å². The summed E-state index contributed by atoms with van der Waals surface area (Å²) in [5.74, 6) is 0. The Morgan fingerprint density at radius 3 is 2.33 bits per heavy atom. The second-order valence-electron chi connectivity index (χ2n) is 3.06. The first-order valence-corrected chi connectivity index (χ1v) is 4.81. The number of hydrogen-bond acceptors (Lipinski definition) is 3. The lowest BCUT2D eigenvalue weighted by atomic mass is 10.3. The second kappa shape index (κ2) is 7.53. The van der Waals surface area contributed by atoms with Gasteiger partial charge in [-0.2, -0.15) is 0 Å². The van der Waals surface area contributed by atoms with E-state index in [2.05, 4.69) is 31.0 Å². The number of likely N-dealkylation sites (N-methyl/N-ethyl adjacent to an activating group) is 1. The van der Waals surface area contributed by atoms with Crippen molar-refractivity contribution in [2.45, 2.75) is 26.8 Å². The minimum Gasteiger partial charge on any atom is -0.395 e. The van der Waals surface area contributed by atoms with E-state index in [0.29, 0.717) is 12.6 Å². The van der Waals surface area contributed by atoms with Gasteiger partial charge in [-0.1, -0.05) is 13.8 Å². The maximum atomic E-state index is 8.59. The summed E-state index contributed by atoms with van der Waals surface area (Å²) >= 11 is 0. The Bertz CT molecular complexity index is 94.5. The van der Waals surface area contributed by atoms with E-state index >= 15 is 0 Å². The average Bonchev–Trinajstić information content (AvgIpc) is 2.10. The van der Waals surface area contributed by atoms with Crippen LogP contribution >= 0.6 is 0 Å². The Morgan fingerprint density at radius 2 is 1.92 bits per heavy atom. The molecule has 0 amide bonds. The lowest BCUT2D eigenvalue weighted by molar-refractivity contribution is 0.249. The van der Waals surface area contributed by atoms with Crippen molar-refractivity contribution in [1.29, 1.82) is 0 Å². The summed E-state index contributed by atoms with van der Waals surface area (Å²) in [5, 5.41) is 11.8. The molecule has 1 unspecified atom stereocenters. The smallest absolute Gasteiger partial charge is 0.0556 e. The van der Waals surface area contributed by atoms with Crippen LogP contribution in [0.5, 0.6) is 0 Å². The van der Waals surface area contributed by atoms with Crippen molar-refractivity contribution in [1.82, 2.24) is 10.2 Å². The molecule has 1 atom stereocenters. The van der Waals surface area contributed by atoms with Gasteiger partial charge in [0.25, 0.3) is 0 Å². The first-order valence-electron chi connectivity index (χ1n) is 4.81. The molecule has 0 aromatic rings. The summed E-state index contributed by atoms with van der Waals surface area (Å²) in [5.41, 5.74) is 0. The molecule has 2 N–H and O–H groups in total. The third-order valence-corrected chi connectivity index (χ3v) is 2.03. The molecule has 0 aromatic carbocycles. The van der Waals surface area contributed by atoms with E-state index in [-0.39, 0.29) is 6.61 Å². The molecule has 0 aromatic heterocycles. The van der Waals surface area contributed by atoms with Gasteiger partial charge in [-0.05, 0) is 20.0 Å². The SMILES string of the molecule is CCN(CC)CC(C)NCCO. The highest BCUT2D eigenvalue weighted by atomic mass is 16.3. The van der Waals surface area contributed by atoms with Gasteiger partial charge in [-0.25, -0.2) is 0 Å². The highest BCUT2D eigenvalue weighted by molar-refractivity contribution is 4.65. The monoisotopic (exact) mass is 174 g/mol. The van der Waals surface area contributed by atoms with Gasteiger partial charge in [-0.15, -0.1) is 0 Å². The van der Waals surface area contributed by atoms with Crippen LogP contribution in [0.1, 0.15) is 20.8 Å². The lowest BCUT2D eigenvalue weighted by Crippen LogP contribution is -2.40. The minimum atomic E-state index is 0.225. The topological polar surface area (TPSA) is 35.5 Å². The second-order valence-corrected chi connectivity index (χ2v) is 3.06. The van der Waals surface area contributed by atoms with Crippen LogP contribution < -0.4 is 5.32 Å². The van der Waals surface area contributed by atoms with Crippen LogP contribution in [0.15, 0.2) is 0 Å². The molecule has 0 fully saturated rings. The number of aliphatic hydroxyl groups is 1. The minimum absolute atomic E-state index is 0.225. The highest BCUT2D eigenvalue weighted by Gasteiger charge is 2.04. The Morgan fingerprint density at radius 1 is 1.33 bits per heavy atom. The Labute approximate surface area is 75.8 Å². The molecule has 0 saturated heterocycles. The largest absolute Gasteiger partial charge is 0.395 e. The predicted octanol–water partition coefficient (Wildman–Crippen LogP) is 0.299. The fourth-order valence-corrected chi connectivity index (χ4v) is 1.24. The fraction of sp³-hybridized carbons (Fsp3) is 1.00. The van der Waals surface area contributed by atoms with Gasteiger partial charge >= 0.3 is 0 Å². The van der Waals surface area contributed by atoms with Crippen molar-refractivity contribution in [3.8, 4) is 0 Å². The first kappa shape index (κ1) is 11.9. The van der Waals surface area contributed by atoms with Crippen LogP contribution in [0.4, 0.5) is 0 Å². The van der Waals surface area contributed by atoms with Crippen LogP contribution in [0.2, 0.25) is 0 Å². The molecule has 3 nitrogen and oxygen atoms in total. The summed E-state index contributed by atoms with van der Waals surface area (Å²) in [7, 11) is 0. The molecule has 74 valence electrons. The van der Waals surface area contributed by atoms with Crippen molar-refractivity contribution in [3.63, 3.8) is 0 Å². The summed E-state index contributed by atoms with van der Waals surface area (Å²) in [6.45, 7) is 10.7. The summed E-state index contributed by atoms with van der Waals surface area (Å²) in [4.78, 5) is 2.37. The number of nitrogens with one attached hydrogen (secondary N) is 1. The van der Waals surface area contributed by atoms with E-state index in [0.717, 1.165) is 19.6 Å². The number of aliphatic hydroxyl groups excluding tert-OH is 1. The first-order chi connectivity index (χ1) is 5.74. The van der Waals surface area contributed by atoms with E-state index in [1.54, 1.807) is 0 Å². The maximum absolute atomic E-state index is 8.59. The standard InChI is InChI=1S/C9H22N2O/c1-4-11(5-2)8-9(3)10-6-7-12/h9-10,12H,4-8H2,1-3H3. The molecule has 0 aliphatic rings. The van der Waals surface area contributed by atoms with Gasteiger partial charge in [-0.3, -0.25) is 0 Å². The third kappa shape index (κ3) is 5.52. The predicted molar refractivity (Wildman–Crippen MR) is 52.3 cm³/mol.